The Morgan fingerprint density at radius 3 is 2.07 bits per heavy atom. The number of amides is 2. The van der Waals surface area contributed by atoms with E-state index in [1.54, 1.807) is 17.0 Å². The van der Waals surface area contributed by atoms with Crippen molar-refractivity contribution in [2.75, 3.05) is 19.6 Å². The lowest BCUT2D eigenvalue weighted by Gasteiger charge is -2.37. The highest BCUT2D eigenvalue weighted by Gasteiger charge is 2.46. The van der Waals surface area contributed by atoms with Crippen molar-refractivity contribution in [2.24, 2.45) is 5.73 Å². The first-order chi connectivity index (χ1) is 19.9. The summed E-state index contributed by atoms with van der Waals surface area (Å²) in [7, 11) is 0. The zero-order chi connectivity index (χ0) is 30.3. The minimum atomic E-state index is -4.34. The second kappa shape index (κ2) is 13.5. The molecule has 0 unspecified atom stereocenters. The zero-order valence-electron chi connectivity index (χ0n) is 23.3. The topological polar surface area (TPSA) is 122 Å². The van der Waals surface area contributed by atoms with Crippen molar-refractivity contribution in [2.45, 2.75) is 75.9 Å². The van der Waals surface area contributed by atoms with Crippen LogP contribution in [-0.2, 0) is 28.7 Å². The van der Waals surface area contributed by atoms with Crippen LogP contribution in [0.5, 0.6) is 0 Å². The Hall–Kier alpha value is -3.80. The average molecular weight is 592 g/mol. The van der Waals surface area contributed by atoms with Gasteiger partial charge in [0.2, 0.25) is 0 Å². The van der Waals surface area contributed by atoms with Gasteiger partial charge in [-0.3, -0.25) is 9.80 Å². The fourth-order valence-electron chi connectivity index (χ4n) is 5.57. The van der Waals surface area contributed by atoms with Gasteiger partial charge in [0.25, 0.3) is 0 Å². The molecule has 9 nitrogen and oxygen atoms in total. The van der Waals surface area contributed by atoms with Crippen LogP contribution in [0.4, 0.5) is 22.8 Å². The molecule has 0 atom stereocenters. The van der Waals surface area contributed by atoms with E-state index >= 15 is 0 Å². The first kappa shape index (κ1) is 31.1. The standard InChI is InChI=1S/C23H23F3N2O4.C7H13NO2/c24-23(25,26)19-7-3-16(4-8-19)13-27-11-9-22(10-12-27)15-28(21(31)32-22)14-17-1-5-18(6-2-17)20(29)30;8-7(9)10-6-4-2-1-3-5-6/h1-8H,9-15H2,(H,29,30);6H,1-5H2,(H2,8,9). The van der Waals surface area contributed by atoms with Crippen molar-refractivity contribution < 1.29 is 42.1 Å². The third-order valence-electron chi connectivity index (χ3n) is 7.91. The first-order valence-corrected chi connectivity index (χ1v) is 14.1. The number of carboxylic acids is 1. The van der Waals surface area contributed by atoms with Gasteiger partial charge in [-0.05, 0) is 61.1 Å². The molecule has 42 heavy (non-hydrogen) atoms. The first-order valence-electron chi connectivity index (χ1n) is 14.1. The number of alkyl halides is 3. The SMILES string of the molecule is NC(=O)OC1CCCCC1.O=C(O)c1ccc(CN2CC3(CCN(Cc4ccc(C(F)(F)F)cc4)CC3)OC2=O)cc1. The normalized spacial score (nSPS) is 19.1. The number of carbonyl (C=O) groups is 3. The highest BCUT2D eigenvalue weighted by molar-refractivity contribution is 5.87. The minimum Gasteiger partial charge on any atom is -0.478 e. The molecule has 0 aromatic heterocycles. The molecule has 2 aromatic rings. The number of halogens is 3. The third kappa shape index (κ3) is 8.60. The summed E-state index contributed by atoms with van der Waals surface area (Å²) >= 11 is 0. The molecule has 1 aliphatic carbocycles. The summed E-state index contributed by atoms with van der Waals surface area (Å²) in [5, 5.41) is 8.99. The molecule has 3 N–H and O–H groups in total. The average Bonchev–Trinajstić information content (AvgIpc) is 3.24. The smallest absolute Gasteiger partial charge is 0.416 e. The molecule has 2 amide bonds. The molecular formula is C30H36F3N3O6. The number of rotatable bonds is 6. The van der Waals surface area contributed by atoms with E-state index in [-0.39, 0.29) is 17.8 Å². The molecule has 5 rings (SSSR count). The Balaban J connectivity index is 0.000000343. The van der Waals surface area contributed by atoms with Crippen molar-refractivity contribution in [3.63, 3.8) is 0 Å². The van der Waals surface area contributed by atoms with Gasteiger partial charge >= 0.3 is 24.3 Å². The summed E-state index contributed by atoms with van der Waals surface area (Å²) in [6.45, 7) is 2.70. The van der Waals surface area contributed by atoms with Crippen LogP contribution in [0.15, 0.2) is 48.5 Å². The van der Waals surface area contributed by atoms with Crippen LogP contribution < -0.4 is 5.73 Å². The quantitative estimate of drug-likeness (QED) is 0.435. The van der Waals surface area contributed by atoms with Gasteiger partial charge in [-0.2, -0.15) is 13.2 Å². The molecule has 2 aromatic carbocycles. The number of primary amides is 1. The fourth-order valence-corrected chi connectivity index (χ4v) is 5.57. The lowest BCUT2D eigenvalue weighted by molar-refractivity contribution is -0.137. The van der Waals surface area contributed by atoms with Gasteiger partial charge in [-0.25, -0.2) is 14.4 Å². The highest BCUT2D eigenvalue weighted by Crippen LogP contribution is 2.35. The molecule has 1 saturated carbocycles. The highest BCUT2D eigenvalue weighted by atomic mass is 19.4. The summed E-state index contributed by atoms with van der Waals surface area (Å²) in [4.78, 5) is 37.4. The largest absolute Gasteiger partial charge is 0.478 e. The monoisotopic (exact) mass is 591 g/mol. The molecule has 0 bridgehead atoms. The van der Waals surface area contributed by atoms with Gasteiger partial charge in [0.1, 0.15) is 11.7 Å². The summed E-state index contributed by atoms with van der Waals surface area (Å²) < 4.78 is 48.7. The lowest BCUT2D eigenvalue weighted by atomic mass is 9.91. The number of carbonyl (C=O) groups excluding carboxylic acids is 2. The van der Waals surface area contributed by atoms with Crippen LogP contribution in [0.3, 0.4) is 0 Å². The molecule has 228 valence electrons. The van der Waals surface area contributed by atoms with Crippen LogP contribution >= 0.6 is 0 Å². The van der Waals surface area contributed by atoms with Gasteiger partial charge < -0.3 is 20.3 Å². The molecule has 2 saturated heterocycles. The van der Waals surface area contributed by atoms with Crippen molar-refractivity contribution in [1.29, 1.82) is 0 Å². The predicted octanol–water partition coefficient (Wildman–Crippen LogP) is 5.81. The summed E-state index contributed by atoms with van der Waals surface area (Å²) in [6.07, 6.45) is 1.61. The van der Waals surface area contributed by atoms with Gasteiger partial charge in [-0.15, -0.1) is 0 Å². The number of hydrogen-bond acceptors (Lipinski definition) is 6. The third-order valence-corrected chi connectivity index (χ3v) is 7.91. The lowest BCUT2D eigenvalue weighted by Crippen LogP contribution is -2.46. The molecule has 12 heteroatoms. The maximum absolute atomic E-state index is 12.7. The number of ether oxygens (including phenoxy) is 2. The van der Waals surface area contributed by atoms with Gasteiger partial charge in [-0.1, -0.05) is 30.7 Å². The number of nitrogens with zero attached hydrogens (tertiary/aromatic N) is 2. The van der Waals surface area contributed by atoms with E-state index < -0.39 is 29.4 Å². The molecule has 0 radical (unpaired) electrons. The maximum atomic E-state index is 12.7. The van der Waals surface area contributed by atoms with E-state index in [4.69, 9.17) is 20.3 Å². The van der Waals surface area contributed by atoms with E-state index in [0.29, 0.717) is 45.6 Å². The number of hydrogen-bond donors (Lipinski definition) is 2. The summed E-state index contributed by atoms with van der Waals surface area (Å²) in [5.41, 5.74) is 5.46. The van der Waals surface area contributed by atoms with Crippen LogP contribution in [-0.4, -0.2) is 64.4 Å². The minimum absolute atomic E-state index is 0.103. The van der Waals surface area contributed by atoms with Gasteiger partial charge in [0, 0.05) is 39.0 Å². The second-order valence-corrected chi connectivity index (χ2v) is 11.1. The number of benzene rings is 2. The Bertz CT molecular complexity index is 1220. The van der Waals surface area contributed by atoms with Crippen molar-refractivity contribution in [3.05, 3.63) is 70.8 Å². The van der Waals surface area contributed by atoms with Crippen LogP contribution in [0, 0.1) is 0 Å². The maximum Gasteiger partial charge on any atom is 0.416 e. The summed E-state index contributed by atoms with van der Waals surface area (Å²) in [6, 6.07) is 11.6. The number of nitrogens with two attached hydrogens (primary N) is 1. The Labute approximate surface area is 242 Å². The van der Waals surface area contributed by atoms with E-state index in [0.717, 1.165) is 48.9 Å². The number of piperidine rings is 1. The molecule has 2 heterocycles. The Morgan fingerprint density at radius 2 is 1.52 bits per heavy atom. The number of carboxylic acid groups (broad SMARTS) is 1. The van der Waals surface area contributed by atoms with Crippen LogP contribution in [0.2, 0.25) is 0 Å². The van der Waals surface area contributed by atoms with Gasteiger partial charge in [0.15, 0.2) is 0 Å². The van der Waals surface area contributed by atoms with E-state index in [9.17, 15) is 27.6 Å². The van der Waals surface area contributed by atoms with Crippen molar-refractivity contribution in [1.82, 2.24) is 9.80 Å². The molecule has 3 aliphatic rings. The second-order valence-electron chi connectivity index (χ2n) is 11.1. The van der Waals surface area contributed by atoms with Gasteiger partial charge in [0.05, 0.1) is 17.7 Å². The summed E-state index contributed by atoms with van der Waals surface area (Å²) in [5.74, 6) is -1.00. The predicted molar refractivity (Wildman–Crippen MR) is 147 cm³/mol. The number of likely N-dealkylation sites (tertiary alicyclic amines) is 1. The van der Waals surface area contributed by atoms with E-state index in [1.165, 1.54) is 30.7 Å². The van der Waals surface area contributed by atoms with Crippen LogP contribution in [0.1, 0.15) is 72.0 Å². The van der Waals surface area contributed by atoms with E-state index in [2.05, 4.69) is 4.90 Å². The number of aromatic carboxylic acids is 1. The Kier molecular flexibility index (Phi) is 9.97. The molecule has 1 spiro atoms. The zero-order valence-corrected chi connectivity index (χ0v) is 23.3. The van der Waals surface area contributed by atoms with Crippen molar-refractivity contribution >= 4 is 18.2 Å². The molecule has 2 aliphatic heterocycles. The fraction of sp³-hybridized carbons (Fsp3) is 0.500. The Morgan fingerprint density at radius 1 is 0.952 bits per heavy atom. The van der Waals surface area contributed by atoms with E-state index in [1.807, 2.05) is 0 Å². The van der Waals surface area contributed by atoms with Crippen molar-refractivity contribution in [3.8, 4) is 0 Å². The molecule has 3 fully saturated rings. The molecular weight excluding hydrogens is 555 g/mol. The van der Waals surface area contributed by atoms with Crippen LogP contribution in [0.25, 0.3) is 0 Å².